The van der Waals surface area contributed by atoms with Gasteiger partial charge in [-0.3, -0.25) is 14.4 Å². The van der Waals surface area contributed by atoms with Crippen LogP contribution in [0.15, 0.2) is 60.7 Å². The van der Waals surface area contributed by atoms with Crippen LogP contribution in [-0.4, -0.2) is 58.2 Å². The Morgan fingerprint density at radius 2 is 1.17 bits per heavy atom. The lowest BCUT2D eigenvalue weighted by atomic mass is 9.93. The highest BCUT2D eigenvalue weighted by Crippen LogP contribution is 2.20. The standard InChI is InChI=1S/C33H45NO10Si2/c1-45(2,3)43-30(37)26(17-20-29(36)32(39)44-46(4,5)6)21-27(35)18-19-28(31(38)41-22-24-13-9-7-10-14-24)34-33(40)42-23-25-15-11-8-12-16-25/h7-16,26,28H,17-23H2,1-6H3,(H,34,40)/t26-,28-/m0/s1. The number of carbonyl (C=O) groups excluding carboxylic acids is 6. The highest BCUT2D eigenvalue weighted by atomic mass is 28.4. The minimum Gasteiger partial charge on any atom is -0.520 e. The molecule has 0 aliphatic rings. The molecule has 1 N–H and O–H groups in total. The van der Waals surface area contributed by atoms with Crippen LogP contribution in [0, 0.1) is 5.92 Å². The number of alkyl carbamates (subject to hydrolysis) is 1. The van der Waals surface area contributed by atoms with Gasteiger partial charge in [0, 0.05) is 19.3 Å². The zero-order chi connectivity index (χ0) is 34.3. The van der Waals surface area contributed by atoms with Gasteiger partial charge in [-0.2, -0.15) is 0 Å². The van der Waals surface area contributed by atoms with Gasteiger partial charge in [0.15, 0.2) is 0 Å². The Balaban J connectivity index is 2.07. The van der Waals surface area contributed by atoms with Crippen molar-refractivity contribution in [1.29, 1.82) is 0 Å². The number of rotatable bonds is 18. The van der Waals surface area contributed by atoms with Crippen molar-refractivity contribution in [3.05, 3.63) is 71.8 Å². The maximum absolute atomic E-state index is 13.1. The van der Waals surface area contributed by atoms with E-state index in [0.717, 1.165) is 11.1 Å². The summed E-state index contributed by atoms with van der Waals surface area (Å²) in [5.74, 6) is -4.48. The summed E-state index contributed by atoms with van der Waals surface area (Å²) in [7, 11) is -4.64. The Bertz CT molecular complexity index is 1340. The Labute approximate surface area is 272 Å². The van der Waals surface area contributed by atoms with E-state index in [1.165, 1.54) is 0 Å². The van der Waals surface area contributed by atoms with Crippen LogP contribution < -0.4 is 5.32 Å². The van der Waals surface area contributed by atoms with Gasteiger partial charge in [-0.05, 0) is 63.3 Å². The summed E-state index contributed by atoms with van der Waals surface area (Å²) in [6.07, 6.45) is -1.81. The van der Waals surface area contributed by atoms with Crippen molar-refractivity contribution in [3.63, 3.8) is 0 Å². The van der Waals surface area contributed by atoms with E-state index in [1.54, 1.807) is 68.2 Å². The highest BCUT2D eigenvalue weighted by Gasteiger charge is 2.32. The van der Waals surface area contributed by atoms with Gasteiger partial charge in [0.1, 0.15) is 25.0 Å². The summed E-state index contributed by atoms with van der Waals surface area (Å²) in [5, 5.41) is 2.49. The summed E-state index contributed by atoms with van der Waals surface area (Å²) < 4.78 is 21.5. The molecule has 0 bridgehead atoms. The van der Waals surface area contributed by atoms with Crippen molar-refractivity contribution in [2.45, 2.75) is 90.6 Å². The topological polar surface area (TPSA) is 151 Å². The predicted molar refractivity (Wildman–Crippen MR) is 175 cm³/mol. The molecular weight excluding hydrogens is 627 g/mol. The van der Waals surface area contributed by atoms with Crippen molar-refractivity contribution in [1.82, 2.24) is 5.32 Å². The summed E-state index contributed by atoms with van der Waals surface area (Å²) in [6, 6.07) is 16.8. The third kappa shape index (κ3) is 15.8. The van der Waals surface area contributed by atoms with E-state index in [9.17, 15) is 28.8 Å². The zero-order valence-electron chi connectivity index (χ0n) is 27.5. The minimum atomic E-state index is -2.34. The van der Waals surface area contributed by atoms with E-state index in [0.29, 0.717) is 0 Å². The van der Waals surface area contributed by atoms with E-state index < -0.39 is 64.2 Å². The number of benzene rings is 2. The molecular formula is C33H45NO10Si2. The van der Waals surface area contributed by atoms with Crippen LogP contribution in [0.5, 0.6) is 0 Å². The van der Waals surface area contributed by atoms with Crippen LogP contribution in [0.4, 0.5) is 4.79 Å². The number of esters is 1. The molecule has 0 unspecified atom stereocenters. The molecule has 0 saturated carbocycles. The molecule has 0 radical (unpaired) electrons. The molecule has 46 heavy (non-hydrogen) atoms. The largest absolute Gasteiger partial charge is 0.520 e. The van der Waals surface area contributed by atoms with Gasteiger partial charge in [-0.25, -0.2) is 14.4 Å². The van der Waals surface area contributed by atoms with Gasteiger partial charge < -0.3 is 23.6 Å². The Morgan fingerprint density at radius 1 is 0.652 bits per heavy atom. The molecule has 2 rings (SSSR count). The van der Waals surface area contributed by atoms with Crippen molar-refractivity contribution in [3.8, 4) is 0 Å². The van der Waals surface area contributed by atoms with Gasteiger partial charge in [0.2, 0.25) is 22.4 Å². The lowest BCUT2D eigenvalue weighted by Gasteiger charge is -2.23. The maximum atomic E-state index is 13.1. The first-order valence-corrected chi connectivity index (χ1v) is 22.0. The van der Waals surface area contributed by atoms with E-state index in [2.05, 4.69) is 5.32 Å². The third-order valence-electron chi connectivity index (χ3n) is 6.29. The highest BCUT2D eigenvalue weighted by molar-refractivity contribution is 6.72. The molecule has 0 aliphatic heterocycles. The average Bonchev–Trinajstić information content (AvgIpc) is 2.98. The summed E-state index contributed by atoms with van der Waals surface area (Å²) in [5.41, 5.74) is 1.49. The Morgan fingerprint density at radius 3 is 1.70 bits per heavy atom. The number of ether oxygens (including phenoxy) is 2. The molecule has 250 valence electrons. The second-order valence-corrected chi connectivity index (χ2v) is 21.7. The summed E-state index contributed by atoms with van der Waals surface area (Å²) >= 11 is 0. The fraction of sp³-hybridized carbons (Fsp3) is 0.455. The average molecular weight is 672 g/mol. The molecule has 0 aromatic heterocycles. The lowest BCUT2D eigenvalue weighted by molar-refractivity contribution is -0.148. The van der Waals surface area contributed by atoms with Crippen LogP contribution in [0.2, 0.25) is 39.3 Å². The summed E-state index contributed by atoms with van der Waals surface area (Å²) in [4.78, 5) is 76.4. The number of nitrogens with one attached hydrogen (secondary N) is 1. The van der Waals surface area contributed by atoms with Crippen molar-refractivity contribution in [2.24, 2.45) is 5.92 Å². The molecule has 1 amide bonds. The van der Waals surface area contributed by atoms with Gasteiger partial charge in [0.05, 0.1) is 5.92 Å². The normalized spacial score (nSPS) is 12.7. The molecule has 2 aromatic carbocycles. The van der Waals surface area contributed by atoms with Crippen molar-refractivity contribution < 1.29 is 47.1 Å². The van der Waals surface area contributed by atoms with Crippen LogP contribution in [-0.2, 0) is 55.5 Å². The Kier molecular flexibility index (Phi) is 15.0. The first-order valence-electron chi connectivity index (χ1n) is 15.2. The molecule has 0 fully saturated rings. The van der Waals surface area contributed by atoms with Gasteiger partial charge in [-0.1, -0.05) is 60.7 Å². The van der Waals surface area contributed by atoms with Crippen LogP contribution in [0.1, 0.15) is 43.2 Å². The van der Waals surface area contributed by atoms with Crippen LogP contribution >= 0.6 is 0 Å². The number of carbonyl (C=O) groups is 6. The van der Waals surface area contributed by atoms with E-state index >= 15 is 0 Å². The lowest BCUT2D eigenvalue weighted by Crippen LogP contribution is -2.42. The number of hydrogen-bond acceptors (Lipinski definition) is 10. The van der Waals surface area contributed by atoms with Crippen LogP contribution in [0.3, 0.4) is 0 Å². The van der Waals surface area contributed by atoms with E-state index in [-0.39, 0.29) is 45.3 Å². The van der Waals surface area contributed by atoms with E-state index in [4.69, 9.17) is 18.3 Å². The fourth-order valence-corrected chi connectivity index (χ4v) is 5.54. The molecule has 13 heteroatoms. The van der Waals surface area contributed by atoms with Crippen molar-refractivity contribution >= 4 is 52.2 Å². The molecule has 2 aromatic rings. The third-order valence-corrected chi connectivity index (χ3v) is 7.90. The quantitative estimate of drug-likeness (QED) is 0.122. The molecule has 0 aliphatic carbocycles. The SMILES string of the molecule is C[Si](C)(C)OC(=O)C(=O)CC[C@@H](CC(=O)CC[C@H](NC(=O)OCc1ccccc1)C(=O)OCc1ccccc1)C(=O)O[Si](C)(C)C. The first kappa shape index (κ1) is 38.1. The maximum Gasteiger partial charge on any atom is 0.408 e. The van der Waals surface area contributed by atoms with Gasteiger partial charge in [-0.15, -0.1) is 0 Å². The molecule has 11 nitrogen and oxygen atoms in total. The zero-order valence-corrected chi connectivity index (χ0v) is 29.5. The van der Waals surface area contributed by atoms with Crippen molar-refractivity contribution in [2.75, 3.05) is 0 Å². The Hall–Kier alpha value is -4.11. The number of hydrogen-bond donors (Lipinski definition) is 1. The second kappa shape index (κ2) is 18.1. The van der Waals surface area contributed by atoms with Gasteiger partial charge in [0.25, 0.3) is 5.97 Å². The van der Waals surface area contributed by atoms with Crippen LogP contribution in [0.25, 0.3) is 0 Å². The monoisotopic (exact) mass is 671 g/mol. The predicted octanol–water partition coefficient (Wildman–Crippen LogP) is 5.49. The first-order chi connectivity index (χ1) is 21.5. The molecule has 0 heterocycles. The smallest absolute Gasteiger partial charge is 0.408 e. The van der Waals surface area contributed by atoms with Gasteiger partial charge >= 0.3 is 18.0 Å². The number of Topliss-reactive ketones (excluding diaryl/α,β-unsaturated/α-hetero) is 2. The number of amides is 1. The fourth-order valence-electron chi connectivity index (χ4n) is 4.10. The molecule has 2 atom stereocenters. The molecule has 0 spiro atoms. The van der Waals surface area contributed by atoms with E-state index in [1.807, 2.05) is 31.8 Å². The summed E-state index contributed by atoms with van der Waals surface area (Å²) in [6.45, 7) is 10.7. The molecule has 0 saturated heterocycles. The minimum absolute atomic E-state index is 0.0253. The number of ketones is 2. The second-order valence-electron chi connectivity index (χ2n) is 12.8.